The average molecular weight is 243 g/mol. The van der Waals surface area contributed by atoms with Gasteiger partial charge in [0.25, 0.3) is 0 Å². The van der Waals surface area contributed by atoms with E-state index in [4.69, 9.17) is 9.47 Å². The largest absolute Gasteiger partial charge is 0.459 e. The van der Waals surface area contributed by atoms with E-state index in [0.29, 0.717) is 6.79 Å². The Morgan fingerprint density at radius 2 is 2.06 bits per heavy atom. The first-order valence-electron chi connectivity index (χ1n) is 6.33. The van der Waals surface area contributed by atoms with E-state index in [0.717, 1.165) is 31.8 Å². The minimum absolute atomic E-state index is 0.354. The lowest BCUT2D eigenvalue weighted by molar-refractivity contribution is 0.0502. The SMILES string of the molecule is C1=C(Cc2ccccc2)CCN(C2=COCO2)C1. The monoisotopic (exact) mass is 243 g/mol. The minimum Gasteiger partial charge on any atom is -0.459 e. The zero-order valence-corrected chi connectivity index (χ0v) is 10.3. The normalized spacial score (nSPS) is 18.8. The third-order valence-electron chi connectivity index (χ3n) is 3.35. The Hall–Kier alpha value is -1.90. The summed E-state index contributed by atoms with van der Waals surface area (Å²) in [6, 6.07) is 10.6. The number of benzene rings is 1. The standard InChI is InChI=1S/C15H17NO2/c1-2-4-13(5-3-1)10-14-6-8-16(9-7-14)15-11-17-12-18-15/h1-6,11H,7-10,12H2. The van der Waals surface area contributed by atoms with Gasteiger partial charge in [-0.15, -0.1) is 0 Å². The zero-order valence-electron chi connectivity index (χ0n) is 10.3. The van der Waals surface area contributed by atoms with Crippen molar-refractivity contribution < 1.29 is 9.47 Å². The van der Waals surface area contributed by atoms with E-state index in [1.54, 1.807) is 6.26 Å². The fraction of sp³-hybridized carbons (Fsp3) is 0.333. The summed E-state index contributed by atoms with van der Waals surface area (Å²) in [5, 5.41) is 0. The maximum absolute atomic E-state index is 5.38. The molecule has 2 aliphatic heterocycles. The highest BCUT2D eigenvalue weighted by Gasteiger charge is 2.18. The molecule has 0 amide bonds. The molecule has 0 unspecified atom stereocenters. The lowest BCUT2D eigenvalue weighted by Gasteiger charge is -2.27. The van der Waals surface area contributed by atoms with Gasteiger partial charge in [0, 0.05) is 13.1 Å². The summed E-state index contributed by atoms with van der Waals surface area (Å²) in [4.78, 5) is 2.21. The van der Waals surface area contributed by atoms with Gasteiger partial charge in [-0.2, -0.15) is 0 Å². The summed E-state index contributed by atoms with van der Waals surface area (Å²) < 4.78 is 10.5. The fourth-order valence-electron chi connectivity index (χ4n) is 2.33. The quantitative estimate of drug-likeness (QED) is 0.762. The highest BCUT2D eigenvalue weighted by Crippen LogP contribution is 2.21. The van der Waals surface area contributed by atoms with Crippen LogP contribution in [0.1, 0.15) is 12.0 Å². The maximum atomic E-state index is 5.38. The molecule has 0 saturated heterocycles. The molecule has 1 aromatic carbocycles. The number of hydrogen-bond acceptors (Lipinski definition) is 3. The predicted octanol–water partition coefficient (Wildman–Crippen LogP) is 2.66. The van der Waals surface area contributed by atoms with Gasteiger partial charge in [-0.3, -0.25) is 0 Å². The third-order valence-corrected chi connectivity index (χ3v) is 3.35. The molecule has 2 heterocycles. The van der Waals surface area contributed by atoms with Crippen LogP contribution in [0.25, 0.3) is 0 Å². The molecule has 0 atom stereocenters. The van der Waals surface area contributed by atoms with Crippen LogP contribution >= 0.6 is 0 Å². The minimum atomic E-state index is 0.354. The Morgan fingerprint density at radius 3 is 2.72 bits per heavy atom. The Morgan fingerprint density at radius 1 is 1.17 bits per heavy atom. The van der Waals surface area contributed by atoms with Gasteiger partial charge >= 0.3 is 0 Å². The van der Waals surface area contributed by atoms with E-state index in [1.165, 1.54) is 11.1 Å². The first kappa shape index (κ1) is 11.2. The average Bonchev–Trinajstić information content (AvgIpc) is 2.95. The van der Waals surface area contributed by atoms with E-state index < -0.39 is 0 Å². The molecule has 0 saturated carbocycles. The van der Waals surface area contributed by atoms with Crippen molar-refractivity contribution in [3.8, 4) is 0 Å². The molecule has 0 aliphatic carbocycles. The number of ether oxygens (including phenoxy) is 2. The summed E-state index contributed by atoms with van der Waals surface area (Å²) in [6.07, 6.45) is 6.16. The number of nitrogens with zero attached hydrogens (tertiary/aromatic N) is 1. The molecule has 0 N–H and O–H groups in total. The van der Waals surface area contributed by atoms with Gasteiger partial charge in [0.15, 0.2) is 0 Å². The Bertz CT molecular complexity index is 465. The molecule has 0 aromatic heterocycles. The molecule has 0 fully saturated rings. The molecule has 2 aliphatic rings. The molecular weight excluding hydrogens is 226 g/mol. The maximum Gasteiger partial charge on any atom is 0.232 e. The Labute approximate surface area is 107 Å². The van der Waals surface area contributed by atoms with Crippen molar-refractivity contribution in [2.24, 2.45) is 0 Å². The van der Waals surface area contributed by atoms with Crippen LogP contribution in [0.5, 0.6) is 0 Å². The van der Waals surface area contributed by atoms with E-state index >= 15 is 0 Å². The van der Waals surface area contributed by atoms with Gasteiger partial charge < -0.3 is 14.4 Å². The van der Waals surface area contributed by atoms with Crippen molar-refractivity contribution in [3.05, 3.63) is 59.7 Å². The number of hydrogen-bond donors (Lipinski definition) is 0. The van der Waals surface area contributed by atoms with Crippen molar-refractivity contribution in [1.82, 2.24) is 4.90 Å². The van der Waals surface area contributed by atoms with Crippen LogP contribution in [0, 0.1) is 0 Å². The van der Waals surface area contributed by atoms with Crippen LogP contribution in [-0.2, 0) is 15.9 Å². The summed E-state index contributed by atoms with van der Waals surface area (Å²) >= 11 is 0. The van der Waals surface area contributed by atoms with Gasteiger partial charge in [-0.1, -0.05) is 42.0 Å². The predicted molar refractivity (Wildman–Crippen MR) is 69.5 cm³/mol. The first-order chi connectivity index (χ1) is 8.92. The van der Waals surface area contributed by atoms with Gasteiger partial charge in [-0.25, -0.2) is 0 Å². The molecule has 3 nitrogen and oxygen atoms in total. The van der Waals surface area contributed by atoms with E-state index in [1.807, 2.05) is 0 Å². The Balaban J connectivity index is 1.60. The van der Waals surface area contributed by atoms with Gasteiger partial charge in [0.1, 0.15) is 6.26 Å². The van der Waals surface area contributed by atoms with Crippen molar-refractivity contribution >= 4 is 0 Å². The first-order valence-corrected chi connectivity index (χ1v) is 6.33. The lowest BCUT2D eigenvalue weighted by Crippen LogP contribution is -2.28. The second kappa shape index (κ2) is 5.17. The van der Waals surface area contributed by atoms with Crippen molar-refractivity contribution in [1.29, 1.82) is 0 Å². The molecule has 3 rings (SSSR count). The second-order valence-electron chi connectivity index (χ2n) is 4.61. The molecule has 0 radical (unpaired) electrons. The molecular formula is C15H17NO2. The van der Waals surface area contributed by atoms with Crippen molar-refractivity contribution in [2.45, 2.75) is 12.8 Å². The van der Waals surface area contributed by atoms with E-state index in [2.05, 4.69) is 41.3 Å². The summed E-state index contributed by atoms with van der Waals surface area (Å²) in [5.74, 6) is 0.866. The summed E-state index contributed by atoms with van der Waals surface area (Å²) in [6.45, 7) is 2.28. The highest BCUT2D eigenvalue weighted by atomic mass is 16.7. The smallest absolute Gasteiger partial charge is 0.232 e. The molecule has 3 heteroatoms. The molecule has 94 valence electrons. The van der Waals surface area contributed by atoms with Crippen LogP contribution in [0.2, 0.25) is 0 Å². The summed E-state index contributed by atoms with van der Waals surface area (Å²) in [7, 11) is 0. The van der Waals surface area contributed by atoms with Crippen LogP contribution in [0.15, 0.2) is 54.1 Å². The fourth-order valence-corrected chi connectivity index (χ4v) is 2.33. The van der Waals surface area contributed by atoms with E-state index in [-0.39, 0.29) is 0 Å². The second-order valence-corrected chi connectivity index (χ2v) is 4.61. The van der Waals surface area contributed by atoms with Gasteiger partial charge in [-0.05, 0) is 18.4 Å². The zero-order chi connectivity index (χ0) is 12.2. The highest BCUT2D eigenvalue weighted by molar-refractivity contribution is 5.23. The Kier molecular flexibility index (Phi) is 3.22. The third kappa shape index (κ3) is 2.50. The van der Waals surface area contributed by atoms with Crippen molar-refractivity contribution in [3.63, 3.8) is 0 Å². The van der Waals surface area contributed by atoms with Crippen LogP contribution in [0.3, 0.4) is 0 Å². The molecule has 0 bridgehead atoms. The lowest BCUT2D eigenvalue weighted by atomic mass is 10.00. The summed E-state index contributed by atoms with van der Waals surface area (Å²) in [5.41, 5.74) is 2.90. The van der Waals surface area contributed by atoms with E-state index in [9.17, 15) is 0 Å². The van der Waals surface area contributed by atoms with Gasteiger partial charge in [0.05, 0.1) is 0 Å². The van der Waals surface area contributed by atoms with Crippen molar-refractivity contribution in [2.75, 3.05) is 19.9 Å². The molecule has 18 heavy (non-hydrogen) atoms. The van der Waals surface area contributed by atoms with Gasteiger partial charge in [0.2, 0.25) is 12.7 Å². The van der Waals surface area contributed by atoms with Crippen LogP contribution < -0.4 is 0 Å². The number of rotatable bonds is 3. The topological polar surface area (TPSA) is 21.7 Å². The molecule has 1 aromatic rings. The van der Waals surface area contributed by atoms with Crippen LogP contribution in [0.4, 0.5) is 0 Å². The van der Waals surface area contributed by atoms with Crippen LogP contribution in [-0.4, -0.2) is 24.8 Å². The molecule has 0 spiro atoms.